The summed E-state index contributed by atoms with van der Waals surface area (Å²) in [6.45, 7) is 0.363. The third-order valence-corrected chi connectivity index (χ3v) is 7.70. The highest BCUT2D eigenvalue weighted by Crippen LogP contribution is 2.29. The molecule has 0 fully saturated rings. The zero-order valence-electron chi connectivity index (χ0n) is 15.3. The van der Waals surface area contributed by atoms with Crippen molar-refractivity contribution in [2.45, 2.75) is 36.3 Å². The molecule has 7 nitrogen and oxygen atoms in total. The number of rotatable bonds is 10. The molecule has 0 spiro atoms. The average Bonchev–Trinajstić information content (AvgIpc) is 3.38. The summed E-state index contributed by atoms with van der Waals surface area (Å²) in [5.74, 6) is -0.401. The number of anilines is 1. The molecule has 3 aromatic rings. The van der Waals surface area contributed by atoms with Crippen LogP contribution >= 0.6 is 11.3 Å². The van der Waals surface area contributed by atoms with Gasteiger partial charge in [0.2, 0.25) is 5.91 Å². The second-order valence-electron chi connectivity index (χ2n) is 6.46. The van der Waals surface area contributed by atoms with Crippen molar-refractivity contribution >= 4 is 43.9 Å². The molecule has 3 N–H and O–H groups in total. The summed E-state index contributed by atoms with van der Waals surface area (Å²) in [7, 11) is -3.63. The molecule has 1 aromatic carbocycles. The summed E-state index contributed by atoms with van der Waals surface area (Å²) in [5, 5.41) is 11.2. The van der Waals surface area contributed by atoms with Crippen LogP contribution in [-0.4, -0.2) is 31.1 Å². The van der Waals surface area contributed by atoms with E-state index in [2.05, 4.69) is 4.98 Å². The minimum Gasteiger partial charge on any atom is -0.361 e. The van der Waals surface area contributed by atoms with Gasteiger partial charge in [-0.3, -0.25) is 14.3 Å². The number of benzene rings is 1. The van der Waals surface area contributed by atoms with Gasteiger partial charge in [0.25, 0.3) is 10.0 Å². The Hall–Kier alpha value is -2.36. The first-order valence-corrected chi connectivity index (χ1v) is 11.4. The molecule has 0 saturated carbocycles. The largest absolute Gasteiger partial charge is 0.361 e. The molecule has 0 aliphatic carbocycles. The van der Waals surface area contributed by atoms with Crippen LogP contribution in [0.1, 0.15) is 32.1 Å². The Bertz CT molecular complexity index is 1010. The molecular weight excluding hydrogens is 398 g/mol. The molecule has 0 atom stereocenters. The number of carbonyl (C=O) groups excluding carboxylic acids is 1. The SMILES string of the molecule is O=C(CCCCCCN(c1ccc2[nH]ccc2c1)S(=O)(=O)c1cccs1)NO. The first kappa shape index (κ1) is 20.4. The lowest BCUT2D eigenvalue weighted by atomic mass is 10.1. The van der Waals surface area contributed by atoms with E-state index in [1.54, 1.807) is 23.0 Å². The number of aromatic amines is 1. The molecule has 0 radical (unpaired) electrons. The maximum absolute atomic E-state index is 13.2. The second-order valence-corrected chi connectivity index (χ2v) is 9.49. The summed E-state index contributed by atoms with van der Waals surface area (Å²) in [4.78, 5) is 14.2. The van der Waals surface area contributed by atoms with Crippen molar-refractivity contribution in [2.75, 3.05) is 10.8 Å². The van der Waals surface area contributed by atoms with E-state index < -0.39 is 15.9 Å². The molecule has 2 aromatic heterocycles. The number of unbranched alkanes of at least 4 members (excludes halogenated alkanes) is 3. The lowest BCUT2D eigenvalue weighted by Crippen LogP contribution is -2.31. The molecule has 0 aliphatic heterocycles. The van der Waals surface area contributed by atoms with Crippen LogP contribution in [0.2, 0.25) is 0 Å². The van der Waals surface area contributed by atoms with Gasteiger partial charge in [-0.2, -0.15) is 0 Å². The highest BCUT2D eigenvalue weighted by atomic mass is 32.2. The van der Waals surface area contributed by atoms with E-state index >= 15 is 0 Å². The molecule has 28 heavy (non-hydrogen) atoms. The number of nitrogens with one attached hydrogen (secondary N) is 2. The molecule has 3 rings (SSSR count). The van der Waals surface area contributed by atoms with Gasteiger partial charge in [-0.1, -0.05) is 18.9 Å². The quantitative estimate of drug-likeness (QED) is 0.263. The second kappa shape index (κ2) is 9.22. The number of aromatic nitrogens is 1. The fourth-order valence-corrected chi connectivity index (χ4v) is 5.65. The zero-order chi connectivity index (χ0) is 20.0. The number of hydrogen-bond donors (Lipinski definition) is 3. The van der Waals surface area contributed by atoms with E-state index in [0.29, 0.717) is 29.3 Å². The van der Waals surface area contributed by atoms with Crippen LogP contribution in [0.4, 0.5) is 5.69 Å². The van der Waals surface area contributed by atoms with E-state index in [4.69, 9.17) is 5.21 Å². The molecular formula is C19H23N3O4S2. The van der Waals surface area contributed by atoms with Gasteiger partial charge in [0.1, 0.15) is 4.21 Å². The number of H-pyrrole nitrogens is 1. The van der Waals surface area contributed by atoms with Crippen LogP contribution in [0.15, 0.2) is 52.2 Å². The van der Waals surface area contributed by atoms with Crippen molar-refractivity contribution in [3.8, 4) is 0 Å². The highest BCUT2D eigenvalue weighted by Gasteiger charge is 2.25. The number of nitrogens with zero attached hydrogens (tertiary/aromatic N) is 1. The standard InChI is InChI=1S/C19H23N3O4S2/c23-18(21-24)6-3-1-2-4-12-22(28(25,26)19-7-5-13-27-19)16-8-9-17-15(14-16)10-11-20-17/h5,7-11,13-14,20,24H,1-4,6,12H2,(H,21,23). The van der Waals surface area contributed by atoms with Crippen LogP contribution in [0.5, 0.6) is 0 Å². The van der Waals surface area contributed by atoms with Crippen molar-refractivity contribution in [1.29, 1.82) is 0 Å². The van der Waals surface area contributed by atoms with E-state index in [1.165, 1.54) is 15.6 Å². The highest BCUT2D eigenvalue weighted by molar-refractivity contribution is 7.94. The molecule has 1 amide bonds. The number of thiophene rings is 1. The first-order valence-electron chi connectivity index (χ1n) is 9.09. The van der Waals surface area contributed by atoms with Crippen molar-refractivity contribution in [3.05, 3.63) is 48.0 Å². The summed E-state index contributed by atoms with van der Waals surface area (Å²) in [6, 6.07) is 10.8. The Morgan fingerprint density at radius 3 is 2.71 bits per heavy atom. The van der Waals surface area contributed by atoms with E-state index in [1.807, 2.05) is 30.5 Å². The lowest BCUT2D eigenvalue weighted by Gasteiger charge is -2.24. The van der Waals surface area contributed by atoms with Gasteiger partial charge in [0.15, 0.2) is 0 Å². The maximum atomic E-state index is 13.2. The summed E-state index contributed by atoms with van der Waals surface area (Å²) in [5.41, 5.74) is 3.21. The van der Waals surface area contributed by atoms with Crippen molar-refractivity contribution in [1.82, 2.24) is 10.5 Å². The first-order chi connectivity index (χ1) is 13.5. The third kappa shape index (κ3) is 4.73. The number of hydrogen-bond acceptors (Lipinski definition) is 5. The predicted molar refractivity (Wildman–Crippen MR) is 110 cm³/mol. The Labute approximate surface area is 168 Å². The number of sulfonamides is 1. The fraction of sp³-hybridized carbons (Fsp3) is 0.316. The minimum absolute atomic E-state index is 0.262. The number of amides is 1. The summed E-state index contributed by atoms with van der Waals surface area (Å²) >= 11 is 1.21. The van der Waals surface area contributed by atoms with Crippen LogP contribution in [0, 0.1) is 0 Å². The Kier molecular flexibility index (Phi) is 6.71. The van der Waals surface area contributed by atoms with Gasteiger partial charge >= 0.3 is 0 Å². The van der Waals surface area contributed by atoms with Gasteiger partial charge in [-0.15, -0.1) is 11.3 Å². The van der Waals surface area contributed by atoms with E-state index in [9.17, 15) is 13.2 Å². The van der Waals surface area contributed by atoms with E-state index in [0.717, 1.165) is 23.7 Å². The fourth-order valence-electron chi connectivity index (χ4n) is 3.05. The smallest absolute Gasteiger partial charge is 0.273 e. The zero-order valence-corrected chi connectivity index (χ0v) is 16.9. The van der Waals surface area contributed by atoms with Gasteiger partial charge in [-0.25, -0.2) is 13.9 Å². The van der Waals surface area contributed by atoms with Gasteiger partial charge in [0.05, 0.1) is 5.69 Å². The lowest BCUT2D eigenvalue weighted by molar-refractivity contribution is -0.129. The van der Waals surface area contributed by atoms with Crippen LogP contribution in [0.3, 0.4) is 0 Å². The van der Waals surface area contributed by atoms with Gasteiger partial charge in [0, 0.05) is 30.1 Å². The van der Waals surface area contributed by atoms with Crippen molar-refractivity contribution < 1.29 is 18.4 Å². The predicted octanol–water partition coefficient (Wildman–Crippen LogP) is 3.88. The van der Waals surface area contributed by atoms with Crippen LogP contribution < -0.4 is 9.79 Å². The number of fused-ring (bicyclic) bond motifs is 1. The van der Waals surface area contributed by atoms with Crippen LogP contribution in [0.25, 0.3) is 10.9 Å². The molecule has 150 valence electrons. The number of hydroxylamine groups is 1. The maximum Gasteiger partial charge on any atom is 0.273 e. The molecule has 0 unspecified atom stereocenters. The molecule has 9 heteroatoms. The average molecular weight is 422 g/mol. The molecule has 2 heterocycles. The summed E-state index contributed by atoms with van der Waals surface area (Å²) in [6.07, 6.45) is 5.00. The van der Waals surface area contributed by atoms with E-state index in [-0.39, 0.29) is 6.42 Å². The summed E-state index contributed by atoms with van der Waals surface area (Å²) < 4.78 is 28.1. The molecule has 0 saturated heterocycles. The topological polar surface area (TPSA) is 103 Å². The number of carbonyl (C=O) groups is 1. The van der Waals surface area contributed by atoms with Crippen molar-refractivity contribution in [2.24, 2.45) is 0 Å². The normalized spacial score (nSPS) is 11.6. The minimum atomic E-state index is -3.63. The Balaban J connectivity index is 1.73. The van der Waals surface area contributed by atoms with Gasteiger partial charge < -0.3 is 4.98 Å². The Morgan fingerprint density at radius 1 is 1.14 bits per heavy atom. The molecule has 0 bridgehead atoms. The third-order valence-electron chi connectivity index (χ3n) is 4.50. The van der Waals surface area contributed by atoms with Crippen LogP contribution in [-0.2, 0) is 14.8 Å². The monoisotopic (exact) mass is 421 g/mol. The Morgan fingerprint density at radius 2 is 1.96 bits per heavy atom. The molecule has 0 aliphatic rings. The van der Waals surface area contributed by atoms with Gasteiger partial charge in [-0.05, 0) is 48.6 Å². The van der Waals surface area contributed by atoms with Crippen molar-refractivity contribution in [3.63, 3.8) is 0 Å².